The summed E-state index contributed by atoms with van der Waals surface area (Å²) in [6, 6.07) is 10.5. The standard InChI is InChI=1S/C27H30N2O6S/c1-34-21-9-8-18-17-28(15-12-27-11-10-19(30)16-23(27)35-25(21)24(18)27)13-4-5-14-29-26(31)20-6-2-3-7-22(20)36(29,32)33/h2-3,6-11,19,23,30H,4-5,12-17H2,1H3/t19-,23?,27?/m1/s1. The van der Waals surface area contributed by atoms with Gasteiger partial charge in [-0.15, -0.1) is 0 Å². The van der Waals surface area contributed by atoms with Gasteiger partial charge in [0.2, 0.25) is 0 Å². The van der Waals surface area contributed by atoms with Crippen molar-refractivity contribution in [2.24, 2.45) is 0 Å². The molecule has 1 aliphatic carbocycles. The number of aliphatic hydroxyl groups excluding tert-OH is 1. The number of nitrogens with zero attached hydrogens (tertiary/aromatic N) is 2. The number of ether oxygens (including phenoxy) is 2. The minimum absolute atomic E-state index is 0.104. The molecular formula is C27H30N2O6S. The molecule has 1 N–H and O–H groups in total. The van der Waals surface area contributed by atoms with Crippen molar-refractivity contribution in [1.82, 2.24) is 9.21 Å². The molecule has 9 heteroatoms. The third-order valence-electron chi connectivity index (χ3n) is 8.03. The van der Waals surface area contributed by atoms with E-state index >= 15 is 0 Å². The molecule has 0 bridgehead atoms. The minimum Gasteiger partial charge on any atom is -0.493 e. The Morgan fingerprint density at radius 2 is 1.97 bits per heavy atom. The van der Waals surface area contributed by atoms with Gasteiger partial charge in [0.1, 0.15) is 11.0 Å². The van der Waals surface area contributed by atoms with Gasteiger partial charge in [0.15, 0.2) is 11.5 Å². The van der Waals surface area contributed by atoms with Crippen LogP contribution < -0.4 is 9.47 Å². The number of benzene rings is 2. The molecule has 1 amide bonds. The number of hydrogen-bond acceptors (Lipinski definition) is 7. The van der Waals surface area contributed by atoms with Crippen LogP contribution in [0.25, 0.3) is 0 Å². The molecule has 3 aliphatic heterocycles. The molecule has 2 aromatic carbocycles. The summed E-state index contributed by atoms with van der Waals surface area (Å²) in [5, 5.41) is 10.2. The molecule has 36 heavy (non-hydrogen) atoms. The van der Waals surface area contributed by atoms with E-state index < -0.39 is 22.0 Å². The summed E-state index contributed by atoms with van der Waals surface area (Å²) in [6.07, 6.45) is 6.16. The van der Waals surface area contributed by atoms with Crippen LogP contribution in [0.15, 0.2) is 53.4 Å². The molecule has 2 aromatic rings. The predicted molar refractivity (Wildman–Crippen MR) is 133 cm³/mol. The van der Waals surface area contributed by atoms with Gasteiger partial charge in [0, 0.05) is 25.1 Å². The number of sulfonamides is 1. The van der Waals surface area contributed by atoms with Crippen molar-refractivity contribution in [2.75, 3.05) is 26.7 Å². The lowest BCUT2D eigenvalue weighted by atomic mass is 9.69. The van der Waals surface area contributed by atoms with Crippen molar-refractivity contribution in [3.63, 3.8) is 0 Å². The second-order valence-corrected chi connectivity index (χ2v) is 11.9. The van der Waals surface area contributed by atoms with Crippen LogP contribution in [-0.4, -0.2) is 67.6 Å². The summed E-state index contributed by atoms with van der Waals surface area (Å²) < 4.78 is 38.6. The fourth-order valence-corrected chi connectivity index (χ4v) is 7.84. The zero-order valence-corrected chi connectivity index (χ0v) is 21.0. The Morgan fingerprint density at radius 1 is 1.17 bits per heavy atom. The van der Waals surface area contributed by atoms with Crippen molar-refractivity contribution in [1.29, 1.82) is 0 Å². The summed E-state index contributed by atoms with van der Waals surface area (Å²) in [4.78, 5) is 15.2. The Balaban J connectivity index is 1.16. The summed E-state index contributed by atoms with van der Waals surface area (Å²) >= 11 is 0. The maximum absolute atomic E-state index is 12.8. The molecule has 2 unspecified atom stereocenters. The summed E-state index contributed by atoms with van der Waals surface area (Å²) in [5.74, 6) is 1.08. The molecule has 3 heterocycles. The molecule has 4 aliphatic rings. The fourth-order valence-electron chi connectivity index (χ4n) is 6.23. The molecule has 0 saturated heterocycles. The molecule has 0 radical (unpaired) electrons. The Kier molecular flexibility index (Phi) is 5.62. The average Bonchev–Trinajstić information content (AvgIpc) is 3.22. The van der Waals surface area contributed by atoms with Crippen LogP contribution in [-0.2, 0) is 22.0 Å². The minimum atomic E-state index is -3.76. The quantitative estimate of drug-likeness (QED) is 0.472. The first kappa shape index (κ1) is 23.5. The lowest BCUT2D eigenvalue weighted by molar-refractivity contribution is 0.0809. The van der Waals surface area contributed by atoms with Crippen LogP contribution >= 0.6 is 0 Å². The van der Waals surface area contributed by atoms with E-state index in [2.05, 4.69) is 17.0 Å². The summed E-state index contributed by atoms with van der Waals surface area (Å²) in [6.45, 7) is 2.59. The van der Waals surface area contributed by atoms with Gasteiger partial charge in [-0.25, -0.2) is 12.7 Å². The Hall–Kier alpha value is -2.88. The summed E-state index contributed by atoms with van der Waals surface area (Å²) in [5.41, 5.74) is 2.34. The van der Waals surface area contributed by atoms with Gasteiger partial charge < -0.3 is 14.6 Å². The van der Waals surface area contributed by atoms with E-state index in [0.717, 1.165) is 48.3 Å². The molecule has 0 aromatic heterocycles. The normalized spacial score (nSPS) is 27.7. The van der Waals surface area contributed by atoms with E-state index in [9.17, 15) is 18.3 Å². The van der Waals surface area contributed by atoms with E-state index in [4.69, 9.17) is 9.47 Å². The lowest BCUT2D eigenvalue weighted by Gasteiger charge is -2.36. The van der Waals surface area contributed by atoms with E-state index in [1.807, 2.05) is 12.1 Å². The number of unbranched alkanes of at least 4 members (excludes halogenated alkanes) is 1. The van der Waals surface area contributed by atoms with Gasteiger partial charge in [-0.2, -0.15) is 0 Å². The van der Waals surface area contributed by atoms with Crippen LogP contribution in [0.3, 0.4) is 0 Å². The Labute approximate surface area is 211 Å². The van der Waals surface area contributed by atoms with Crippen LogP contribution in [0.2, 0.25) is 0 Å². The van der Waals surface area contributed by atoms with Crippen LogP contribution in [0.4, 0.5) is 0 Å². The van der Waals surface area contributed by atoms with Gasteiger partial charge in [-0.05, 0) is 56.1 Å². The Morgan fingerprint density at radius 3 is 2.78 bits per heavy atom. The largest absolute Gasteiger partial charge is 0.493 e. The van der Waals surface area contributed by atoms with Crippen molar-refractivity contribution in [3.05, 3.63) is 65.2 Å². The fraction of sp³-hybridized carbons (Fsp3) is 0.444. The molecular weight excluding hydrogens is 480 g/mol. The molecule has 0 saturated carbocycles. The first-order chi connectivity index (χ1) is 17.3. The lowest BCUT2D eigenvalue weighted by Crippen LogP contribution is -2.43. The first-order valence-corrected chi connectivity index (χ1v) is 13.9. The molecule has 8 nitrogen and oxygen atoms in total. The smallest absolute Gasteiger partial charge is 0.269 e. The number of fused-ring (bicyclic) bond motifs is 1. The predicted octanol–water partition coefficient (Wildman–Crippen LogP) is 2.85. The van der Waals surface area contributed by atoms with Gasteiger partial charge in [0.25, 0.3) is 15.9 Å². The number of carbonyl (C=O) groups excluding carboxylic acids is 1. The third-order valence-corrected chi connectivity index (χ3v) is 9.87. The zero-order valence-electron chi connectivity index (χ0n) is 20.2. The second kappa shape index (κ2) is 8.61. The van der Waals surface area contributed by atoms with Gasteiger partial charge in [0.05, 0.1) is 24.2 Å². The van der Waals surface area contributed by atoms with Gasteiger partial charge in [-0.3, -0.25) is 9.69 Å². The van der Waals surface area contributed by atoms with Crippen LogP contribution in [0.1, 0.15) is 47.2 Å². The molecule has 0 fully saturated rings. The number of amides is 1. The maximum Gasteiger partial charge on any atom is 0.269 e. The SMILES string of the molecule is COc1ccc2c3c1OC1C[C@H](O)C=CC31CCN(CCCCN1C(=O)c3ccccc3S1(=O)=O)C2. The van der Waals surface area contributed by atoms with E-state index in [-0.39, 0.29) is 28.5 Å². The second-order valence-electron chi connectivity index (χ2n) is 10.1. The topological polar surface area (TPSA) is 96.4 Å². The van der Waals surface area contributed by atoms with E-state index in [1.54, 1.807) is 25.3 Å². The van der Waals surface area contributed by atoms with Gasteiger partial charge in [-0.1, -0.05) is 30.4 Å². The number of carbonyl (C=O) groups is 1. The van der Waals surface area contributed by atoms with Crippen molar-refractivity contribution in [3.8, 4) is 11.5 Å². The van der Waals surface area contributed by atoms with Gasteiger partial charge >= 0.3 is 0 Å². The van der Waals surface area contributed by atoms with Crippen LogP contribution in [0, 0.1) is 0 Å². The maximum atomic E-state index is 12.8. The summed E-state index contributed by atoms with van der Waals surface area (Å²) in [7, 11) is -2.11. The number of hydrogen-bond donors (Lipinski definition) is 1. The Bertz CT molecular complexity index is 1360. The molecule has 6 rings (SSSR count). The first-order valence-electron chi connectivity index (χ1n) is 12.5. The van der Waals surface area contributed by atoms with Crippen molar-refractivity contribution < 1.29 is 27.8 Å². The highest BCUT2D eigenvalue weighted by atomic mass is 32.2. The monoisotopic (exact) mass is 510 g/mol. The highest BCUT2D eigenvalue weighted by molar-refractivity contribution is 7.90. The number of aliphatic hydroxyl groups is 1. The highest BCUT2D eigenvalue weighted by Crippen LogP contribution is 2.55. The average molecular weight is 511 g/mol. The van der Waals surface area contributed by atoms with E-state index in [0.29, 0.717) is 12.8 Å². The molecule has 3 atom stereocenters. The molecule has 190 valence electrons. The van der Waals surface area contributed by atoms with Crippen LogP contribution in [0.5, 0.6) is 11.5 Å². The van der Waals surface area contributed by atoms with E-state index in [1.165, 1.54) is 17.2 Å². The molecule has 1 spiro atoms. The van der Waals surface area contributed by atoms with Crippen molar-refractivity contribution in [2.45, 2.75) is 54.7 Å². The zero-order chi connectivity index (χ0) is 25.1. The number of rotatable bonds is 6. The number of methoxy groups -OCH3 is 1. The third kappa shape index (κ3) is 3.48. The highest BCUT2D eigenvalue weighted by Gasteiger charge is 2.52. The van der Waals surface area contributed by atoms with Crippen molar-refractivity contribution >= 4 is 15.9 Å².